The Morgan fingerprint density at radius 2 is 0.821 bits per heavy atom. The molecule has 5 heteroatoms. The maximum absolute atomic E-state index is 4.99. The first kappa shape index (κ1) is 32.1. The topological polar surface area (TPSA) is 48.5 Å². The Morgan fingerprint density at radius 3 is 1.39 bits per heavy atom. The van der Waals surface area contributed by atoms with Crippen LogP contribution in [-0.2, 0) is 0 Å². The first-order chi connectivity index (χ1) is 27.8. The molecule has 11 rings (SSSR count). The summed E-state index contributed by atoms with van der Waals surface area (Å²) in [5.41, 5.74) is 12.3. The number of hydrogen-bond acceptors (Lipinski definition) is 3. The zero-order chi connectivity index (χ0) is 37.0. The van der Waals surface area contributed by atoms with E-state index >= 15 is 0 Å². The summed E-state index contributed by atoms with van der Waals surface area (Å²) in [5, 5.41) is 4.94. The summed E-state index contributed by atoms with van der Waals surface area (Å²) >= 11 is 0. The van der Waals surface area contributed by atoms with Crippen LogP contribution in [0.1, 0.15) is 18.7 Å². The van der Waals surface area contributed by atoms with E-state index in [9.17, 15) is 0 Å². The van der Waals surface area contributed by atoms with Gasteiger partial charge in [0, 0.05) is 49.6 Å². The van der Waals surface area contributed by atoms with Crippen molar-refractivity contribution >= 4 is 49.2 Å². The van der Waals surface area contributed by atoms with Crippen LogP contribution in [0.2, 0.25) is 0 Å². The zero-order valence-electron chi connectivity index (χ0n) is 30.5. The largest absolute Gasteiger partial charge is 0.309 e. The van der Waals surface area contributed by atoms with Crippen LogP contribution in [0.5, 0.6) is 0 Å². The molecule has 1 aliphatic carbocycles. The van der Waals surface area contributed by atoms with Crippen LogP contribution in [0.3, 0.4) is 0 Å². The summed E-state index contributed by atoms with van der Waals surface area (Å²) in [4.78, 5) is 14.9. The third kappa shape index (κ3) is 5.36. The van der Waals surface area contributed by atoms with Crippen molar-refractivity contribution in [3.8, 4) is 45.3 Å². The van der Waals surface area contributed by atoms with Gasteiger partial charge in [0.1, 0.15) is 0 Å². The number of fused-ring (bicyclic) bond motifs is 6. The smallest absolute Gasteiger partial charge is 0.164 e. The van der Waals surface area contributed by atoms with Crippen molar-refractivity contribution in [3.63, 3.8) is 0 Å². The predicted octanol–water partition coefficient (Wildman–Crippen LogP) is 12.8. The average Bonchev–Trinajstić information content (AvgIpc) is 3.79. The van der Waals surface area contributed by atoms with Gasteiger partial charge in [-0.1, -0.05) is 115 Å². The Kier molecular flexibility index (Phi) is 7.56. The fourth-order valence-corrected chi connectivity index (χ4v) is 8.33. The third-order valence-electron chi connectivity index (χ3n) is 11.0. The van der Waals surface area contributed by atoms with E-state index in [0.29, 0.717) is 17.5 Å². The highest BCUT2D eigenvalue weighted by molar-refractivity contribution is 6.12. The molecule has 5 nitrogen and oxygen atoms in total. The van der Waals surface area contributed by atoms with Gasteiger partial charge in [-0.3, -0.25) is 0 Å². The molecule has 0 saturated carbocycles. The van der Waals surface area contributed by atoms with Gasteiger partial charge < -0.3 is 9.13 Å². The second kappa shape index (κ2) is 13.2. The van der Waals surface area contributed by atoms with E-state index in [1.807, 2.05) is 30.3 Å². The molecule has 3 heterocycles. The highest BCUT2D eigenvalue weighted by atomic mass is 15.0. The van der Waals surface area contributed by atoms with Crippen molar-refractivity contribution < 1.29 is 0 Å². The van der Waals surface area contributed by atoms with Crippen molar-refractivity contribution in [3.05, 3.63) is 194 Å². The van der Waals surface area contributed by atoms with Gasteiger partial charge in [-0.15, -0.1) is 0 Å². The van der Waals surface area contributed by atoms with Crippen molar-refractivity contribution in [2.24, 2.45) is 0 Å². The first-order valence-corrected chi connectivity index (χ1v) is 19.2. The average molecular weight is 718 g/mol. The van der Waals surface area contributed by atoms with E-state index in [-0.39, 0.29) is 0 Å². The van der Waals surface area contributed by atoms with E-state index in [1.54, 1.807) is 0 Å². The van der Waals surface area contributed by atoms with Crippen molar-refractivity contribution in [1.82, 2.24) is 24.1 Å². The number of para-hydroxylation sites is 3. The van der Waals surface area contributed by atoms with Gasteiger partial charge in [-0.2, -0.15) is 0 Å². The fourth-order valence-electron chi connectivity index (χ4n) is 8.33. The van der Waals surface area contributed by atoms with Gasteiger partial charge in [-0.05, 0) is 96.8 Å². The van der Waals surface area contributed by atoms with Gasteiger partial charge in [0.25, 0.3) is 0 Å². The quantitative estimate of drug-likeness (QED) is 0.172. The summed E-state index contributed by atoms with van der Waals surface area (Å²) in [7, 11) is 0. The van der Waals surface area contributed by atoms with E-state index in [4.69, 9.17) is 15.0 Å². The molecule has 0 bridgehead atoms. The Morgan fingerprint density at radius 1 is 0.357 bits per heavy atom. The lowest BCUT2D eigenvalue weighted by molar-refractivity contribution is 1.01. The molecule has 7 aromatic carbocycles. The fraction of sp³-hybridized carbons (Fsp3) is 0.0392. The second-order valence-corrected chi connectivity index (χ2v) is 14.4. The van der Waals surface area contributed by atoms with Crippen LogP contribution >= 0.6 is 0 Å². The van der Waals surface area contributed by atoms with Gasteiger partial charge >= 0.3 is 0 Å². The summed E-state index contributed by atoms with van der Waals surface area (Å²) < 4.78 is 4.73. The molecule has 0 amide bonds. The van der Waals surface area contributed by atoms with Gasteiger partial charge in [0.05, 0.1) is 22.1 Å². The van der Waals surface area contributed by atoms with Crippen LogP contribution in [0.25, 0.3) is 94.5 Å². The molecule has 3 aromatic heterocycles. The third-order valence-corrected chi connectivity index (χ3v) is 11.0. The maximum atomic E-state index is 4.99. The van der Waals surface area contributed by atoms with Crippen LogP contribution in [0.4, 0.5) is 0 Å². The van der Waals surface area contributed by atoms with Crippen molar-refractivity contribution in [2.45, 2.75) is 12.8 Å². The Labute approximate surface area is 324 Å². The number of allylic oxidation sites excluding steroid dienone is 4. The monoisotopic (exact) mass is 717 g/mol. The molecular weight excluding hydrogens is 683 g/mol. The lowest BCUT2D eigenvalue weighted by Gasteiger charge is -2.12. The summed E-state index contributed by atoms with van der Waals surface area (Å²) in [5.74, 6) is 2.04. The standard InChI is InChI=1S/C51H35N5/c1-4-14-34(15-5-1)49-52-50(35-16-6-2-7-17-35)54-51(53-49)36-24-28-40(29-25-36)56-46-23-13-11-21-42(46)44-33-38(27-31-48(44)56)37-26-30-47-43(32-37)41-20-10-12-22-45(41)55(47)39-18-8-3-9-19-39/h1,3-6,8-33H,2,7H2. The highest BCUT2D eigenvalue weighted by Crippen LogP contribution is 2.38. The van der Waals surface area contributed by atoms with Crippen LogP contribution < -0.4 is 0 Å². The molecule has 0 saturated heterocycles. The SMILES string of the molecule is C1=CC(c2nc(-c3ccccc3)nc(-c3ccc(-n4c5ccccc5c5cc(-c6ccc7c(c6)c6ccccc6n7-c6ccccc6)ccc54)cc3)n2)=CCC1. The normalized spacial score (nSPS) is 12.9. The first-order valence-electron chi connectivity index (χ1n) is 19.2. The van der Waals surface area contributed by atoms with Crippen LogP contribution in [0.15, 0.2) is 188 Å². The highest BCUT2D eigenvalue weighted by Gasteiger charge is 2.18. The molecule has 0 aliphatic heterocycles. The van der Waals surface area contributed by atoms with E-state index < -0.39 is 0 Å². The molecule has 0 unspecified atom stereocenters. The molecular formula is C51H35N5. The number of benzene rings is 7. The summed E-state index contributed by atoms with van der Waals surface area (Å²) in [6, 6.07) is 60.6. The molecule has 0 N–H and O–H groups in total. The van der Waals surface area contributed by atoms with E-state index in [1.165, 1.54) is 54.9 Å². The minimum Gasteiger partial charge on any atom is -0.309 e. The Bertz CT molecular complexity index is 3170. The second-order valence-electron chi connectivity index (χ2n) is 14.4. The van der Waals surface area contributed by atoms with Gasteiger partial charge in [-0.25, -0.2) is 15.0 Å². The van der Waals surface area contributed by atoms with E-state index in [2.05, 4.69) is 167 Å². The maximum Gasteiger partial charge on any atom is 0.164 e. The van der Waals surface area contributed by atoms with E-state index in [0.717, 1.165) is 40.7 Å². The summed E-state index contributed by atoms with van der Waals surface area (Å²) in [6.45, 7) is 0. The number of rotatable bonds is 6. The molecule has 264 valence electrons. The molecule has 0 spiro atoms. The molecule has 1 aliphatic rings. The lowest BCUT2D eigenvalue weighted by atomic mass is 10.0. The molecule has 0 atom stereocenters. The molecule has 10 aromatic rings. The molecule has 0 fully saturated rings. The van der Waals surface area contributed by atoms with Crippen LogP contribution in [0, 0.1) is 0 Å². The number of nitrogens with zero attached hydrogens (tertiary/aromatic N) is 5. The Balaban J connectivity index is 1.00. The summed E-state index contributed by atoms with van der Waals surface area (Å²) in [6.07, 6.45) is 8.55. The van der Waals surface area contributed by atoms with Crippen LogP contribution in [-0.4, -0.2) is 24.1 Å². The van der Waals surface area contributed by atoms with Gasteiger partial charge in [0.15, 0.2) is 17.5 Å². The predicted molar refractivity (Wildman–Crippen MR) is 231 cm³/mol. The minimum atomic E-state index is 0.663. The minimum absolute atomic E-state index is 0.663. The van der Waals surface area contributed by atoms with Gasteiger partial charge in [0.2, 0.25) is 0 Å². The zero-order valence-corrected chi connectivity index (χ0v) is 30.5. The van der Waals surface area contributed by atoms with Crippen molar-refractivity contribution in [2.75, 3.05) is 0 Å². The molecule has 56 heavy (non-hydrogen) atoms. The number of aromatic nitrogens is 5. The lowest BCUT2D eigenvalue weighted by Crippen LogP contribution is -2.03. The molecule has 0 radical (unpaired) electrons. The Hall–Kier alpha value is -7.37. The number of hydrogen-bond donors (Lipinski definition) is 0. The van der Waals surface area contributed by atoms with Crippen molar-refractivity contribution in [1.29, 1.82) is 0 Å².